The Morgan fingerprint density at radius 3 is 2.50 bits per heavy atom. The number of hydrogen-bond donors (Lipinski definition) is 1. The summed E-state index contributed by atoms with van der Waals surface area (Å²) in [6, 6.07) is 13.3. The number of aryl methyl sites for hydroxylation is 1. The van der Waals surface area contributed by atoms with Crippen molar-refractivity contribution in [3.8, 4) is 5.69 Å². The Bertz CT molecular complexity index is 1200. The van der Waals surface area contributed by atoms with Gasteiger partial charge < -0.3 is 5.32 Å². The summed E-state index contributed by atoms with van der Waals surface area (Å²) >= 11 is 1.27. The number of nitrogens with one attached hydrogen (secondary N) is 1. The fraction of sp³-hybridized carbons (Fsp3) is 0.0526. The zero-order chi connectivity index (χ0) is 19.8. The molecule has 0 radical (unpaired) electrons. The number of nitrogens with zero attached hydrogens (tertiary/aromatic N) is 3. The molecule has 140 valence electrons. The van der Waals surface area contributed by atoms with E-state index in [1.54, 1.807) is 22.9 Å². The minimum Gasteiger partial charge on any atom is -0.321 e. The molecular weight excluding hydrogens is 383 g/mol. The molecule has 0 aliphatic heterocycles. The number of carbonyl (C=O) groups excluding carboxylic acids is 1. The van der Waals surface area contributed by atoms with Crippen molar-refractivity contribution in [2.24, 2.45) is 0 Å². The predicted octanol–water partition coefficient (Wildman–Crippen LogP) is 4.70. The molecule has 0 spiro atoms. The number of non-ortho nitro benzene ring substituents is 1. The lowest BCUT2D eigenvalue weighted by Crippen LogP contribution is -2.10. The van der Waals surface area contributed by atoms with Gasteiger partial charge in [-0.3, -0.25) is 14.9 Å². The van der Waals surface area contributed by atoms with Crippen molar-refractivity contribution in [3.05, 3.63) is 81.1 Å². The van der Waals surface area contributed by atoms with E-state index in [0.29, 0.717) is 16.3 Å². The summed E-state index contributed by atoms with van der Waals surface area (Å²) in [7, 11) is 0. The molecule has 9 heteroatoms. The maximum Gasteiger partial charge on any atom is 0.269 e. The van der Waals surface area contributed by atoms with Crippen LogP contribution < -0.4 is 5.32 Å². The molecule has 0 aliphatic carbocycles. The lowest BCUT2D eigenvalue weighted by Gasteiger charge is -2.03. The third kappa shape index (κ3) is 3.23. The van der Waals surface area contributed by atoms with Gasteiger partial charge in [0.2, 0.25) is 0 Å². The van der Waals surface area contributed by atoms with E-state index >= 15 is 0 Å². The molecule has 1 amide bonds. The van der Waals surface area contributed by atoms with Crippen LogP contribution >= 0.6 is 11.3 Å². The molecule has 4 aromatic rings. The summed E-state index contributed by atoms with van der Waals surface area (Å²) < 4.78 is 14.9. The first-order chi connectivity index (χ1) is 13.4. The lowest BCUT2D eigenvalue weighted by atomic mass is 10.2. The molecule has 0 aliphatic rings. The van der Waals surface area contributed by atoms with Crippen LogP contribution in [-0.2, 0) is 0 Å². The molecule has 0 saturated heterocycles. The summed E-state index contributed by atoms with van der Waals surface area (Å²) in [6.45, 7) is 1.84. The van der Waals surface area contributed by atoms with Crippen LogP contribution in [-0.4, -0.2) is 20.6 Å². The topological polar surface area (TPSA) is 90.1 Å². The summed E-state index contributed by atoms with van der Waals surface area (Å²) in [6.07, 6.45) is 0. The van der Waals surface area contributed by atoms with E-state index in [0.717, 1.165) is 15.9 Å². The van der Waals surface area contributed by atoms with Crippen LogP contribution in [0.2, 0.25) is 0 Å². The molecule has 0 saturated carbocycles. The van der Waals surface area contributed by atoms with Gasteiger partial charge in [-0.25, -0.2) is 9.07 Å². The summed E-state index contributed by atoms with van der Waals surface area (Å²) in [5, 5.41) is 18.8. The maximum absolute atomic E-state index is 13.2. The van der Waals surface area contributed by atoms with Gasteiger partial charge in [-0.2, -0.15) is 5.10 Å². The number of thiophene rings is 1. The second kappa shape index (κ2) is 6.86. The lowest BCUT2D eigenvalue weighted by molar-refractivity contribution is -0.384. The van der Waals surface area contributed by atoms with E-state index < -0.39 is 4.92 Å². The number of rotatable bonds is 4. The van der Waals surface area contributed by atoms with Gasteiger partial charge in [0, 0.05) is 23.2 Å². The van der Waals surface area contributed by atoms with E-state index in [1.807, 2.05) is 6.92 Å². The van der Waals surface area contributed by atoms with Gasteiger partial charge in [0.05, 0.1) is 21.2 Å². The van der Waals surface area contributed by atoms with Gasteiger partial charge in [-0.1, -0.05) is 0 Å². The van der Waals surface area contributed by atoms with E-state index in [9.17, 15) is 19.3 Å². The Kier molecular flexibility index (Phi) is 4.36. The number of benzene rings is 2. The summed E-state index contributed by atoms with van der Waals surface area (Å²) in [5.41, 5.74) is 1.87. The number of nitro groups is 1. The zero-order valence-electron chi connectivity index (χ0n) is 14.5. The third-order valence-corrected chi connectivity index (χ3v) is 5.28. The smallest absolute Gasteiger partial charge is 0.269 e. The first-order valence-electron chi connectivity index (χ1n) is 8.23. The van der Waals surface area contributed by atoms with Crippen molar-refractivity contribution < 1.29 is 14.1 Å². The fourth-order valence-electron chi connectivity index (χ4n) is 2.78. The fourth-order valence-corrected chi connectivity index (χ4v) is 3.85. The molecule has 2 heterocycles. The van der Waals surface area contributed by atoms with Gasteiger partial charge in [0.25, 0.3) is 11.6 Å². The van der Waals surface area contributed by atoms with Crippen LogP contribution in [0.4, 0.5) is 15.8 Å². The van der Waals surface area contributed by atoms with Gasteiger partial charge in [-0.05, 0) is 49.4 Å². The molecule has 0 unspecified atom stereocenters. The molecule has 7 nitrogen and oxygen atoms in total. The molecule has 0 atom stereocenters. The number of amides is 1. The normalized spacial score (nSPS) is 10.9. The zero-order valence-corrected chi connectivity index (χ0v) is 15.4. The minimum atomic E-state index is -0.498. The highest BCUT2D eigenvalue weighted by atomic mass is 32.1. The van der Waals surface area contributed by atoms with Crippen LogP contribution in [0.5, 0.6) is 0 Å². The van der Waals surface area contributed by atoms with Crippen molar-refractivity contribution in [1.29, 1.82) is 0 Å². The molecule has 28 heavy (non-hydrogen) atoms. The van der Waals surface area contributed by atoms with E-state index in [1.165, 1.54) is 47.7 Å². The predicted molar refractivity (Wildman–Crippen MR) is 105 cm³/mol. The average Bonchev–Trinajstić information content (AvgIpc) is 3.24. The summed E-state index contributed by atoms with van der Waals surface area (Å²) in [4.78, 5) is 24.1. The van der Waals surface area contributed by atoms with Gasteiger partial charge in [0.1, 0.15) is 10.6 Å². The van der Waals surface area contributed by atoms with E-state index in [4.69, 9.17) is 0 Å². The highest BCUT2D eigenvalue weighted by Crippen LogP contribution is 2.31. The Labute approximate surface area is 162 Å². The number of aromatic nitrogens is 2. The van der Waals surface area contributed by atoms with Crippen LogP contribution in [0, 0.1) is 22.9 Å². The van der Waals surface area contributed by atoms with Crippen molar-refractivity contribution in [2.45, 2.75) is 6.92 Å². The van der Waals surface area contributed by atoms with Gasteiger partial charge >= 0.3 is 0 Å². The molecule has 4 rings (SSSR count). The molecule has 0 fully saturated rings. The van der Waals surface area contributed by atoms with E-state index in [-0.39, 0.29) is 17.4 Å². The Morgan fingerprint density at radius 2 is 1.86 bits per heavy atom. The molecular formula is C19H13FN4O3S. The quantitative estimate of drug-likeness (QED) is 0.400. The molecule has 1 N–H and O–H groups in total. The standard InChI is InChI=1S/C19H13FN4O3S/c1-11-16-10-17(18(25)21-13-4-8-15(9-5-13)24(26)27)28-19(16)23(22-11)14-6-2-12(20)3-7-14/h2-10H,1H3,(H,21,25). The number of fused-ring (bicyclic) bond motifs is 1. The monoisotopic (exact) mass is 396 g/mol. The van der Waals surface area contributed by atoms with Gasteiger partial charge in [0.15, 0.2) is 0 Å². The number of carbonyl (C=O) groups is 1. The van der Waals surface area contributed by atoms with Crippen molar-refractivity contribution in [1.82, 2.24) is 9.78 Å². The molecule has 2 aromatic carbocycles. The van der Waals surface area contributed by atoms with Crippen molar-refractivity contribution in [2.75, 3.05) is 5.32 Å². The van der Waals surface area contributed by atoms with Crippen LogP contribution in [0.25, 0.3) is 15.9 Å². The summed E-state index contributed by atoms with van der Waals surface area (Å²) in [5.74, 6) is -0.654. The maximum atomic E-state index is 13.2. The largest absolute Gasteiger partial charge is 0.321 e. The second-order valence-electron chi connectivity index (χ2n) is 6.06. The minimum absolute atomic E-state index is 0.0464. The average molecular weight is 396 g/mol. The van der Waals surface area contributed by atoms with Crippen LogP contribution in [0.15, 0.2) is 54.6 Å². The van der Waals surface area contributed by atoms with Crippen LogP contribution in [0.3, 0.4) is 0 Å². The van der Waals surface area contributed by atoms with Crippen molar-refractivity contribution >= 4 is 38.8 Å². The number of nitro benzene ring substituents is 1. The number of anilines is 1. The molecule has 2 aromatic heterocycles. The highest BCUT2D eigenvalue weighted by molar-refractivity contribution is 7.20. The Hall–Kier alpha value is -3.59. The Balaban J connectivity index is 1.64. The Morgan fingerprint density at radius 1 is 1.18 bits per heavy atom. The van der Waals surface area contributed by atoms with E-state index in [2.05, 4.69) is 10.4 Å². The van der Waals surface area contributed by atoms with Crippen molar-refractivity contribution in [3.63, 3.8) is 0 Å². The number of hydrogen-bond acceptors (Lipinski definition) is 5. The number of halogens is 1. The first-order valence-corrected chi connectivity index (χ1v) is 9.05. The second-order valence-corrected chi connectivity index (χ2v) is 7.09. The SMILES string of the molecule is Cc1nn(-c2ccc(F)cc2)c2sc(C(=O)Nc3ccc([N+](=O)[O-])cc3)cc12. The highest BCUT2D eigenvalue weighted by Gasteiger charge is 2.17. The van der Waals surface area contributed by atoms with Crippen LogP contribution in [0.1, 0.15) is 15.4 Å². The third-order valence-electron chi connectivity index (χ3n) is 4.18. The molecule has 0 bridgehead atoms. The van der Waals surface area contributed by atoms with Gasteiger partial charge in [-0.15, -0.1) is 11.3 Å². The first kappa shape index (κ1) is 17.8.